The van der Waals surface area contributed by atoms with Gasteiger partial charge in [-0.1, -0.05) is 6.07 Å². The van der Waals surface area contributed by atoms with Crippen LogP contribution in [0, 0.1) is 6.92 Å². The molecule has 1 atom stereocenters. The number of hydrogen-bond acceptors (Lipinski definition) is 3. The number of nitrogens with zero attached hydrogens (tertiary/aromatic N) is 2. The predicted molar refractivity (Wildman–Crippen MR) is 70.1 cm³/mol. The minimum Gasteiger partial charge on any atom is -0.398 e. The third-order valence-corrected chi connectivity index (χ3v) is 3.71. The van der Waals surface area contributed by atoms with E-state index in [2.05, 4.69) is 5.10 Å². The molecule has 0 aliphatic carbocycles. The molecule has 1 heterocycles. The maximum Gasteiger partial charge on any atom is 0.0926 e. The van der Waals surface area contributed by atoms with Gasteiger partial charge in [0.2, 0.25) is 0 Å². The first kappa shape index (κ1) is 11.9. The second-order valence-corrected chi connectivity index (χ2v) is 5.35. The van der Waals surface area contributed by atoms with Gasteiger partial charge >= 0.3 is 0 Å². The summed E-state index contributed by atoms with van der Waals surface area (Å²) < 4.78 is 13.3. The fourth-order valence-electron chi connectivity index (χ4n) is 1.64. The van der Waals surface area contributed by atoms with E-state index in [0.717, 1.165) is 17.0 Å². The number of anilines is 1. The molecule has 0 saturated heterocycles. The standard InChI is InChI=1S/C12H15N3OS/c1-8-6-11(14-15(8)2)9-4-5-10(13)12(7-9)17(3)16/h4-7H,13H2,1-3H3. The van der Waals surface area contributed by atoms with E-state index in [1.807, 2.05) is 36.9 Å². The van der Waals surface area contributed by atoms with Crippen molar-refractivity contribution in [3.8, 4) is 11.3 Å². The Labute approximate surface area is 103 Å². The van der Waals surface area contributed by atoms with Crippen molar-refractivity contribution < 1.29 is 4.21 Å². The second kappa shape index (κ2) is 4.33. The van der Waals surface area contributed by atoms with E-state index in [9.17, 15) is 4.21 Å². The van der Waals surface area contributed by atoms with Crippen molar-refractivity contribution in [1.82, 2.24) is 9.78 Å². The highest BCUT2D eigenvalue weighted by atomic mass is 32.2. The Morgan fingerprint density at radius 2 is 2.06 bits per heavy atom. The van der Waals surface area contributed by atoms with E-state index in [4.69, 9.17) is 5.73 Å². The molecule has 90 valence electrons. The summed E-state index contributed by atoms with van der Waals surface area (Å²) in [5.74, 6) is 0. The second-order valence-electron chi connectivity index (χ2n) is 4.00. The van der Waals surface area contributed by atoms with Crippen LogP contribution in [0.25, 0.3) is 11.3 Å². The van der Waals surface area contributed by atoms with Crippen LogP contribution in [-0.2, 0) is 17.8 Å². The minimum atomic E-state index is -1.08. The number of rotatable bonds is 2. The molecule has 2 aromatic rings. The monoisotopic (exact) mass is 249 g/mol. The van der Waals surface area contributed by atoms with Crippen molar-refractivity contribution in [3.63, 3.8) is 0 Å². The molecule has 1 unspecified atom stereocenters. The summed E-state index contributed by atoms with van der Waals surface area (Å²) in [6, 6.07) is 7.50. The normalized spacial score (nSPS) is 12.6. The average molecular weight is 249 g/mol. The predicted octanol–water partition coefficient (Wildman–Crippen LogP) is 1.72. The molecule has 0 saturated carbocycles. The van der Waals surface area contributed by atoms with Crippen molar-refractivity contribution in [3.05, 3.63) is 30.0 Å². The van der Waals surface area contributed by atoms with Gasteiger partial charge in [-0.05, 0) is 25.1 Å². The summed E-state index contributed by atoms with van der Waals surface area (Å²) in [7, 11) is 0.815. The summed E-state index contributed by atoms with van der Waals surface area (Å²) in [5.41, 5.74) is 9.23. The Kier molecular flexibility index (Phi) is 3.02. The number of hydrogen-bond donors (Lipinski definition) is 1. The van der Waals surface area contributed by atoms with Gasteiger partial charge in [-0.25, -0.2) is 0 Å². The molecular formula is C12H15N3OS. The molecule has 0 aliphatic heterocycles. The van der Waals surface area contributed by atoms with Gasteiger partial charge in [0.05, 0.1) is 21.4 Å². The Balaban J connectivity index is 2.53. The zero-order chi connectivity index (χ0) is 12.6. The highest BCUT2D eigenvalue weighted by Gasteiger charge is 2.09. The van der Waals surface area contributed by atoms with Gasteiger partial charge in [0.15, 0.2) is 0 Å². The maximum atomic E-state index is 11.5. The highest BCUT2D eigenvalue weighted by Crippen LogP contribution is 2.25. The number of aryl methyl sites for hydroxylation is 2. The van der Waals surface area contributed by atoms with Gasteiger partial charge in [0, 0.05) is 30.2 Å². The Bertz CT molecular complexity index is 570. The van der Waals surface area contributed by atoms with Crippen molar-refractivity contribution in [2.24, 2.45) is 7.05 Å². The van der Waals surface area contributed by atoms with E-state index in [1.54, 1.807) is 12.3 Å². The third kappa shape index (κ3) is 2.24. The van der Waals surface area contributed by atoms with Crippen LogP contribution in [0.2, 0.25) is 0 Å². The van der Waals surface area contributed by atoms with Crippen LogP contribution in [0.3, 0.4) is 0 Å². The zero-order valence-corrected chi connectivity index (χ0v) is 10.9. The fourth-order valence-corrected chi connectivity index (χ4v) is 2.34. The van der Waals surface area contributed by atoms with Crippen molar-refractivity contribution in [2.45, 2.75) is 11.8 Å². The van der Waals surface area contributed by atoms with Crippen molar-refractivity contribution in [2.75, 3.05) is 12.0 Å². The molecule has 2 rings (SSSR count). The lowest BCUT2D eigenvalue weighted by Gasteiger charge is -2.04. The largest absolute Gasteiger partial charge is 0.398 e. The lowest BCUT2D eigenvalue weighted by Crippen LogP contribution is -1.97. The van der Waals surface area contributed by atoms with Crippen LogP contribution < -0.4 is 5.73 Å². The molecule has 17 heavy (non-hydrogen) atoms. The Morgan fingerprint density at radius 1 is 1.35 bits per heavy atom. The molecule has 1 aromatic carbocycles. The van der Waals surface area contributed by atoms with Crippen LogP contribution in [0.4, 0.5) is 5.69 Å². The maximum absolute atomic E-state index is 11.5. The van der Waals surface area contributed by atoms with E-state index < -0.39 is 10.8 Å². The summed E-state index contributed by atoms with van der Waals surface area (Å²) in [6.45, 7) is 1.99. The number of aromatic nitrogens is 2. The van der Waals surface area contributed by atoms with E-state index in [0.29, 0.717) is 10.6 Å². The van der Waals surface area contributed by atoms with Crippen molar-refractivity contribution >= 4 is 16.5 Å². The summed E-state index contributed by atoms with van der Waals surface area (Å²) in [6.07, 6.45) is 1.62. The highest BCUT2D eigenvalue weighted by molar-refractivity contribution is 7.84. The zero-order valence-electron chi connectivity index (χ0n) is 10.1. The van der Waals surface area contributed by atoms with Gasteiger partial charge in [-0.2, -0.15) is 5.10 Å². The van der Waals surface area contributed by atoms with Crippen LogP contribution in [0.1, 0.15) is 5.69 Å². The van der Waals surface area contributed by atoms with E-state index >= 15 is 0 Å². The van der Waals surface area contributed by atoms with E-state index in [1.165, 1.54) is 0 Å². The molecule has 1 aromatic heterocycles. The summed E-state index contributed by atoms with van der Waals surface area (Å²) in [4.78, 5) is 0.658. The SMILES string of the molecule is Cc1cc(-c2ccc(N)c(S(C)=O)c2)nn1C. The molecule has 0 aliphatic rings. The first-order valence-corrected chi connectivity index (χ1v) is 6.79. The Hall–Kier alpha value is -1.62. The number of nitrogen functional groups attached to an aromatic ring is 1. The van der Waals surface area contributed by atoms with Gasteiger partial charge in [-0.15, -0.1) is 0 Å². The molecule has 2 N–H and O–H groups in total. The first-order chi connectivity index (χ1) is 7.99. The van der Waals surface area contributed by atoms with Crippen LogP contribution in [-0.4, -0.2) is 20.2 Å². The van der Waals surface area contributed by atoms with Gasteiger partial charge in [0.1, 0.15) is 0 Å². The lowest BCUT2D eigenvalue weighted by atomic mass is 10.1. The fraction of sp³-hybridized carbons (Fsp3) is 0.250. The molecule has 0 fully saturated rings. The average Bonchev–Trinajstić information content (AvgIpc) is 2.59. The molecular weight excluding hydrogens is 234 g/mol. The van der Waals surface area contributed by atoms with Crippen LogP contribution in [0.15, 0.2) is 29.2 Å². The summed E-state index contributed by atoms with van der Waals surface area (Å²) in [5, 5.41) is 4.39. The molecule has 0 spiro atoms. The smallest absolute Gasteiger partial charge is 0.0926 e. The molecule has 5 heteroatoms. The topological polar surface area (TPSA) is 60.9 Å². The lowest BCUT2D eigenvalue weighted by molar-refractivity contribution is 0.687. The van der Waals surface area contributed by atoms with Crippen LogP contribution >= 0.6 is 0 Å². The van der Waals surface area contributed by atoms with Crippen molar-refractivity contribution in [1.29, 1.82) is 0 Å². The molecule has 0 bridgehead atoms. The molecule has 0 amide bonds. The van der Waals surface area contributed by atoms with E-state index in [-0.39, 0.29) is 0 Å². The third-order valence-electron chi connectivity index (χ3n) is 2.73. The first-order valence-electron chi connectivity index (χ1n) is 5.23. The van der Waals surface area contributed by atoms with Gasteiger partial charge in [-0.3, -0.25) is 8.89 Å². The number of benzene rings is 1. The quantitative estimate of drug-likeness (QED) is 0.824. The Morgan fingerprint density at radius 3 is 2.59 bits per heavy atom. The molecule has 0 radical (unpaired) electrons. The summed E-state index contributed by atoms with van der Waals surface area (Å²) >= 11 is 0. The van der Waals surface area contributed by atoms with Gasteiger partial charge < -0.3 is 5.73 Å². The molecule has 4 nitrogen and oxygen atoms in total. The van der Waals surface area contributed by atoms with Gasteiger partial charge in [0.25, 0.3) is 0 Å². The van der Waals surface area contributed by atoms with Crippen LogP contribution in [0.5, 0.6) is 0 Å². The number of nitrogens with two attached hydrogens (primary N) is 1. The minimum absolute atomic E-state index is 0.558.